The van der Waals surface area contributed by atoms with Crippen molar-refractivity contribution in [3.63, 3.8) is 0 Å². The first-order chi connectivity index (χ1) is 18.8. The molecule has 0 bridgehead atoms. The standard InChI is InChI=1S/C32H41N3O4S/c1-22(2)19-33-32(37)27(7)34(20-28-10-8-9-24(4)18-28)31(36)21-35(30-16-13-25(5)17-26(30)6)40(38,39)29-14-11-23(3)12-15-29/h8-18,22,27H,19-21H2,1-7H3,(H,33,37)/t27-/m0/s1. The van der Waals surface area contributed by atoms with E-state index in [1.165, 1.54) is 4.90 Å². The molecule has 3 rings (SSSR count). The van der Waals surface area contributed by atoms with Crippen molar-refractivity contribution in [1.82, 2.24) is 10.2 Å². The molecule has 40 heavy (non-hydrogen) atoms. The number of amides is 2. The molecule has 3 aromatic rings. The number of aryl methyl sites for hydroxylation is 4. The second-order valence-electron chi connectivity index (χ2n) is 10.9. The van der Waals surface area contributed by atoms with Crippen LogP contribution < -0.4 is 9.62 Å². The predicted octanol–water partition coefficient (Wildman–Crippen LogP) is 5.31. The molecule has 0 heterocycles. The fraction of sp³-hybridized carbons (Fsp3) is 0.375. The van der Waals surface area contributed by atoms with E-state index in [-0.39, 0.29) is 23.3 Å². The predicted molar refractivity (Wildman–Crippen MR) is 161 cm³/mol. The van der Waals surface area contributed by atoms with Crippen molar-refractivity contribution in [3.8, 4) is 0 Å². The lowest BCUT2D eigenvalue weighted by atomic mass is 10.1. The first kappa shape index (κ1) is 30.9. The van der Waals surface area contributed by atoms with Crippen molar-refractivity contribution in [3.05, 3.63) is 94.5 Å². The third-order valence-corrected chi connectivity index (χ3v) is 8.57. The van der Waals surface area contributed by atoms with Gasteiger partial charge in [-0.2, -0.15) is 0 Å². The van der Waals surface area contributed by atoms with Crippen molar-refractivity contribution in [2.75, 3.05) is 17.4 Å². The van der Waals surface area contributed by atoms with Gasteiger partial charge in [-0.05, 0) is 69.9 Å². The highest BCUT2D eigenvalue weighted by Crippen LogP contribution is 2.28. The van der Waals surface area contributed by atoms with Gasteiger partial charge < -0.3 is 10.2 Å². The highest BCUT2D eigenvalue weighted by atomic mass is 32.2. The number of anilines is 1. The summed E-state index contributed by atoms with van der Waals surface area (Å²) in [5.41, 5.74) is 4.95. The summed E-state index contributed by atoms with van der Waals surface area (Å²) in [6.07, 6.45) is 0. The summed E-state index contributed by atoms with van der Waals surface area (Å²) in [4.78, 5) is 28.7. The zero-order valence-corrected chi connectivity index (χ0v) is 25.4. The number of sulfonamides is 1. The fourth-order valence-electron chi connectivity index (χ4n) is 4.48. The molecule has 8 heteroatoms. The topological polar surface area (TPSA) is 86.8 Å². The van der Waals surface area contributed by atoms with Crippen LogP contribution in [0.5, 0.6) is 0 Å². The first-order valence-electron chi connectivity index (χ1n) is 13.6. The lowest BCUT2D eigenvalue weighted by Crippen LogP contribution is -2.51. The van der Waals surface area contributed by atoms with E-state index >= 15 is 0 Å². The van der Waals surface area contributed by atoms with Gasteiger partial charge in [0.2, 0.25) is 11.8 Å². The normalized spacial score (nSPS) is 12.2. The third-order valence-electron chi connectivity index (χ3n) is 6.80. The average Bonchev–Trinajstić information content (AvgIpc) is 2.89. The van der Waals surface area contributed by atoms with Gasteiger partial charge in [-0.3, -0.25) is 13.9 Å². The monoisotopic (exact) mass is 563 g/mol. The van der Waals surface area contributed by atoms with E-state index in [0.29, 0.717) is 12.2 Å². The Hall–Kier alpha value is -3.65. The second-order valence-corrected chi connectivity index (χ2v) is 12.8. The Balaban J connectivity index is 2.05. The van der Waals surface area contributed by atoms with Gasteiger partial charge in [0.25, 0.3) is 10.0 Å². The molecule has 3 aromatic carbocycles. The van der Waals surface area contributed by atoms with Crippen LogP contribution in [0.15, 0.2) is 71.6 Å². The molecule has 0 radical (unpaired) electrons. The molecule has 0 aliphatic heterocycles. The molecule has 0 unspecified atom stereocenters. The van der Waals surface area contributed by atoms with Crippen LogP contribution >= 0.6 is 0 Å². The molecule has 0 aliphatic carbocycles. The summed E-state index contributed by atoms with van der Waals surface area (Å²) in [5, 5.41) is 2.91. The zero-order chi connectivity index (χ0) is 29.6. The maximum atomic E-state index is 14.1. The van der Waals surface area contributed by atoms with Crippen LogP contribution in [-0.4, -0.2) is 44.3 Å². The smallest absolute Gasteiger partial charge is 0.264 e. The minimum atomic E-state index is -4.10. The molecule has 1 atom stereocenters. The third kappa shape index (κ3) is 7.72. The molecule has 0 saturated heterocycles. The molecular formula is C32H41N3O4S. The highest BCUT2D eigenvalue weighted by Gasteiger charge is 2.33. The highest BCUT2D eigenvalue weighted by molar-refractivity contribution is 7.92. The molecular weight excluding hydrogens is 522 g/mol. The maximum absolute atomic E-state index is 14.1. The molecule has 214 valence electrons. The van der Waals surface area contributed by atoms with Crippen LogP contribution in [0.3, 0.4) is 0 Å². The Bertz CT molecular complexity index is 1450. The summed E-state index contributed by atoms with van der Waals surface area (Å²) in [6.45, 7) is 13.5. The number of nitrogens with zero attached hydrogens (tertiary/aromatic N) is 2. The van der Waals surface area contributed by atoms with E-state index < -0.39 is 28.5 Å². The molecule has 1 N–H and O–H groups in total. The van der Waals surface area contributed by atoms with E-state index in [4.69, 9.17) is 0 Å². The van der Waals surface area contributed by atoms with Gasteiger partial charge in [0.1, 0.15) is 12.6 Å². The number of benzene rings is 3. The molecule has 7 nitrogen and oxygen atoms in total. The lowest BCUT2D eigenvalue weighted by molar-refractivity contribution is -0.139. The number of hydrogen-bond donors (Lipinski definition) is 1. The summed E-state index contributed by atoms with van der Waals surface area (Å²) >= 11 is 0. The van der Waals surface area contributed by atoms with Crippen molar-refractivity contribution in [1.29, 1.82) is 0 Å². The van der Waals surface area contributed by atoms with E-state index in [1.807, 2.05) is 77.9 Å². The maximum Gasteiger partial charge on any atom is 0.264 e. The van der Waals surface area contributed by atoms with Gasteiger partial charge in [0.15, 0.2) is 0 Å². The molecule has 0 spiro atoms. The number of nitrogens with one attached hydrogen (secondary N) is 1. The number of hydrogen-bond acceptors (Lipinski definition) is 4. The minimum Gasteiger partial charge on any atom is -0.354 e. The zero-order valence-electron chi connectivity index (χ0n) is 24.6. The molecule has 0 aliphatic rings. The Labute approximate surface area is 239 Å². The quantitative estimate of drug-likeness (QED) is 0.343. The van der Waals surface area contributed by atoms with Crippen molar-refractivity contribution < 1.29 is 18.0 Å². The average molecular weight is 564 g/mol. The van der Waals surface area contributed by atoms with Gasteiger partial charge in [-0.15, -0.1) is 0 Å². The van der Waals surface area contributed by atoms with E-state index in [9.17, 15) is 18.0 Å². The van der Waals surface area contributed by atoms with Gasteiger partial charge in [-0.25, -0.2) is 8.42 Å². The van der Waals surface area contributed by atoms with E-state index in [0.717, 1.165) is 32.1 Å². The van der Waals surface area contributed by atoms with Crippen molar-refractivity contribution in [2.45, 2.75) is 65.9 Å². The molecule has 0 saturated carbocycles. The number of rotatable bonds is 11. The van der Waals surface area contributed by atoms with Gasteiger partial charge in [-0.1, -0.05) is 79.1 Å². The fourth-order valence-corrected chi connectivity index (χ4v) is 5.96. The van der Waals surface area contributed by atoms with Crippen LogP contribution in [-0.2, 0) is 26.2 Å². The van der Waals surface area contributed by atoms with Crippen molar-refractivity contribution in [2.24, 2.45) is 5.92 Å². The van der Waals surface area contributed by atoms with Gasteiger partial charge in [0.05, 0.1) is 10.6 Å². The first-order valence-corrected chi connectivity index (χ1v) is 15.0. The summed E-state index contributed by atoms with van der Waals surface area (Å²) in [5.74, 6) is -0.504. The lowest BCUT2D eigenvalue weighted by Gasteiger charge is -2.32. The summed E-state index contributed by atoms with van der Waals surface area (Å²) in [7, 11) is -4.10. The van der Waals surface area contributed by atoms with E-state index in [1.54, 1.807) is 37.3 Å². The Morgan fingerprint density at radius 2 is 1.45 bits per heavy atom. The Morgan fingerprint density at radius 3 is 2.05 bits per heavy atom. The van der Waals surface area contributed by atoms with E-state index in [2.05, 4.69) is 5.32 Å². The van der Waals surface area contributed by atoms with Crippen LogP contribution in [0.25, 0.3) is 0 Å². The minimum absolute atomic E-state index is 0.0961. The van der Waals surface area contributed by atoms with Crippen LogP contribution in [0.4, 0.5) is 5.69 Å². The Kier molecular flexibility index (Phi) is 10.1. The molecule has 0 aromatic heterocycles. The van der Waals surface area contributed by atoms with Gasteiger partial charge in [0, 0.05) is 13.1 Å². The second kappa shape index (κ2) is 13.1. The SMILES string of the molecule is Cc1ccc(S(=O)(=O)N(CC(=O)N(Cc2cccc(C)c2)[C@@H](C)C(=O)NCC(C)C)c2ccc(C)cc2C)cc1. The molecule has 2 amide bonds. The largest absolute Gasteiger partial charge is 0.354 e. The van der Waals surface area contributed by atoms with Crippen LogP contribution in [0.2, 0.25) is 0 Å². The number of carbonyl (C=O) groups is 2. The van der Waals surface area contributed by atoms with Crippen molar-refractivity contribution >= 4 is 27.5 Å². The van der Waals surface area contributed by atoms with Gasteiger partial charge >= 0.3 is 0 Å². The summed E-state index contributed by atoms with van der Waals surface area (Å²) < 4.78 is 29.2. The Morgan fingerprint density at radius 1 is 0.825 bits per heavy atom. The number of carbonyl (C=O) groups excluding carboxylic acids is 2. The van der Waals surface area contributed by atoms with Crippen LogP contribution in [0.1, 0.15) is 48.6 Å². The molecule has 0 fully saturated rings. The van der Waals surface area contributed by atoms with Crippen LogP contribution in [0, 0.1) is 33.6 Å². The summed E-state index contributed by atoms with van der Waals surface area (Å²) in [6, 6.07) is 19.0.